The second-order valence-electron chi connectivity index (χ2n) is 14.4. The predicted octanol–water partition coefficient (Wildman–Crippen LogP) is 14.9. The minimum absolute atomic E-state index is 0.898. The Hall–Kier alpha value is -6.88. The molecule has 4 heterocycles. The highest BCUT2D eigenvalue weighted by Crippen LogP contribution is 2.50. The number of nitrogens with zero attached hydrogens (tertiary/aromatic N) is 1. The van der Waals surface area contributed by atoms with Crippen LogP contribution in [0.4, 0.5) is 0 Å². The van der Waals surface area contributed by atoms with E-state index in [0.29, 0.717) is 0 Å². The van der Waals surface area contributed by atoms with Crippen molar-refractivity contribution in [1.82, 2.24) is 4.57 Å². The van der Waals surface area contributed by atoms with Crippen LogP contribution in [0.5, 0.6) is 0 Å². The summed E-state index contributed by atoms with van der Waals surface area (Å²) in [6.45, 7) is 0. The summed E-state index contributed by atoms with van der Waals surface area (Å²) in [4.78, 5) is 0. The summed E-state index contributed by atoms with van der Waals surface area (Å²) >= 11 is 1.84. The van der Waals surface area contributed by atoms with Crippen molar-refractivity contribution in [1.29, 1.82) is 0 Å². The molecule has 13 aromatic rings. The van der Waals surface area contributed by atoms with E-state index in [1.54, 1.807) is 0 Å². The minimum atomic E-state index is 0.898. The lowest BCUT2D eigenvalue weighted by Crippen LogP contribution is -1.99. The van der Waals surface area contributed by atoms with Crippen LogP contribution in [-0.4, -0.2) is 4.57 Å². The van der Waals surface area contributed by atoms with Crippen molar-refractivity contribution < 1.29 is 8.83 Å². The van der Waals surface area contributed by atoms with Crippen LogP contribution in [0, 0.1) is 0 Å². The number of aromatic nitrogens is 1. The molecule has 0 atom stereocenters. The molecule has 0 fully saturated rings. The largest absolute Gasteiger partial charge is 0.456 e. The highest BCUT2D eigenvalue weighted by atomic mass is 32.1. The van der Waals surface area contributed by atoms with Gasteiger partial charge in [0.1, 0.15) is 22.3 Å². The van der Waals surface area contributed by atoms with E-state index in [-0.39, 0.29) is 0 Å². The summed E-state index contributed by atoms with van der Waals surface area (Å²) < 4.78 is 18.2. The van der Waals surface area contributed by atoms with Gasteiger partial charge in [-0.25, -0.2) is 0 Å². The molecule has 0 radical (unpaired) electrons. The van der Waals surface area contributed by atoms with Crippen molar-refractivity contribution in [2.45, 2.75) is 0 Å². The topological polar surface area (TPSA) is 31.2 Å². The molecule has 0 spiro atoms. The van der Waals surface area contributed by atoms with Crippen molar-refractivity contribution in [3.8, 4) is 16.8 Å². The standard InChI is InChI=1S/C50H27NO2S/c1-2-13-30-27-43-40(25-29(30)12-1)39-26-31(22-24-42(39)52-43)44-33-15-5-7-17-35(33)46(36-18-8-6-16-34(36)44)51-45-32-14-4-3-11-28(32)21-23-38(45)49-47(51)48-50(54-49)37-19-9-10-20-41(37)53-48/h1-27H. The van der Waals surface area contributed by atoms with E-state index < -0.39 is 0 Å². The Bertz CT molecular complexity index is 3680. The van der Waals surface area contributed by atoms with Crippen LogP contribution in [0.15, 0.2) is 173 Å². The van der Waals surface area contributed by atoms with Crippen LogP contribution in [0.25, 0.3) is 124 Å². The molecule has 0 amide bonds. The third kappa shape index (κ3) is 3.70. The van der Waals surface area contributed by atoms with Gasteiger partial charge in [0, 0.05) is 37.7 Å². The van der Waals surface area contributed by atoms with E-state index >= 15 is 0 Å². The summed E-state index contributed by atoms with van der Waals surface area (Å²) in [7, 11) is 0. The fourth-order valence-corrected chi connectivity index (χ4v) is 10.5. The molecule has 0 unspecified atom stereocenters. The average molecular weight is 706 g/mol. The molecule has 0 bridgehead atoms. The number of hydrogen-bond donors (Lipinski definition) is 0. The Morgan fingerprint density at radius 2 is 0.981 bits per heavy atom. The summed E-state index contributed by atoms with van der Waals surface area (Å²) in [5, 5.41) is 14.3. The lowest BCUT2D eigenvalue weighted by Gasteiger charge is -2.20. The molecule has 4 aromatic heterocycles. The zero-order valence-electron chi connectivity index (χ0n) is 28.8. The SMILES string of the molecule is c1ccc2cc3c(cc2c1)oc1ccc(-c2c4ccccc4c(-n4c5c6ccccc6ccc5c5sc6c7ccccc7oc6c54)c4ccccc24)cc13. The lowest BCUT2D eigenvalue weighted by atomic mass is 9.89. The fraction of sp³-hybridized carbons (Fsp3) is 0. The van der Waals surface area contributed by atoms with Crippen molar-refractivity contribution in [2.24, 2.45) is 0 Å². The van der Waals surface area contributed by atoms with Crippen LogP contribution in [-0.2, 0) is 0 Å². The van der Waals surface area contributed by atoms with Gasteiger partial charge >= 0.3 is 0 Å². The zero-order chi connectivity index (χ0) is 35.1. The Balaban J connectivity index is 1.19. The molecule has 0 N–H and O–H groups in total. The molecular weight excluding hydrogens is 679 g/mol. The number of thiophene rings is 1. The smallest absolute Gasteiger partial charge is 0.170 e. The molecule has 0 saturated heterocycles. The summed E-state index contributed by atoms with van der Waals surface area (Å²) in [6, 6.07) is 59.3. The first kappa shape index (κ1) is 28.7. The van der Waals surface area contributed by atoms with Gasteiger partial charge in [0.2, 0.25) is 0 Å². The zero-order valence-corrected chi connectivity index (χ0v) is 29.6. The normalized spacial score (nSPS) is 12.4. The van der Waals surface area contributed by atoms with Gasteiger partial charge in [0.25, 0.3) is 0 Å². The van der Waals surface area contributed by atoms with E-state index in [9.17, 15) is 0 Å². The molecule has 0 aliphatic heterocycles. The summed E-state index contributed by atoms with van der Waals surface area (Å²) in [6.07, 6.45) is 0. The number of rotatable bonds is 2. The van der Waals surface area contributed by atoms with Gasteiger partial charge in [0.15, 0.2) is 5.58 Å². The van der Waals surface area contributed by atoms with Crippen molar-refractivity contribution >= 4 is 119 Å². The van der Waals surface area contributed by atoms with Gasteiger partial charge in [0.05, 0.1) is 20.6 Å². The highest BCUT2D eigenvalue weighted by molar-refractivity contribution is 7.27. The number of benzene rings is 9. The Morgan fingerprint density at radius 3 is 1.76 bits per heavy atom. The first-order valence-corrected chi connectivity index (χ1v) is 19.2. The molecule has 250 valence electrons. The van der Waals surface area contributed by atoms with Gasteiger partial charge in [-0.1, -0.05) is 127 Å². The minimum Gasteiger partial charge on any atom is -0.456 e. The fourth-order valence-electron chi connectivity index (χ4n) is 9.21. The average Bonchev–Trinajstić information content (AvgIpc) is 3.96. The molecule has 4 heteroatoms. The van der Waals surface area contributed by atoms with E-state index in [1.165, 1.54) is 80.2 Å². The third-order valence-corrected chi connectivity index (χ3v) is 12.8. The van der Waals surface area contributed by atoms with Crippen LogP contribution in [0.1, 0.15) is 0 Å². The van der Waals surface area contributed by atoms with Crippen molar-refractivity contribution in [3.05, 3.63) is 164 Å². The molecule has 3 nitrogen and oxygen atoms in total. The third-order valence-electron chi connectivity index (χ3n) is 11.5. The van der Waals surface area contributed by atoms with Gasteiger partial charge in [-0.3, -0.25) is 0 Å². The van der Waals surface area contributed by atoms with E-state index in [1.807, 2.05) is 11.3 Å². The Morgan fingerprint density at radius 1 is 0.370 bits per heavy atom. The predicted molar refractivity (Wildman–Crippen MR) is 229 cm³/mol. The van der Waals surface area contributed by atoms with Crippen LogP contribution >= 0.6 is 11.3 Å². The first-order chi connectivity index (χ1) is 26.8. The Kier molecular flexibility index (Phi) is 5.51. The maximum atomic E-state index is 6.80. The maximum absolute atomic E-state index is 6.80. The van der Waals surface area contributed by atoms with E-state index in [4.69, 9.17) is 8.83 Å². The van der Waals surface area contributed by atoms with Gasteiger partial charge in [-0.2, -0.15) is 0 Å². The molecule has 0 aliphatic rings. The number of para-hydroxylation sites is 1. The molecule has 9 aromatic carbocycles. The molecule has 54 heavy (non-hydrogen) atoms. The number of furan rings is 2. The van der Waals surface area contributed by atoms with Gasteiger partial charge in [-0.05, 0) is 74.5 Å². The molecule has 0 saturated carbocycles. The van der Waals surface area contributed by atoms with Crippen LogP contribution in [0.3, 0.4) is 0 Å². The Labute approximate surface area is 311 Å². The second kappa shape index (κ2) is 10.4. The molecular formula is C50H27NO2S. The van der Waals surface area contributed by atoms with E-state index in [2.05, 4.69) is 168 Å². The summed E-state index contributed by atoms with van der Waals surface area (Å²) in [5.41, 5.74) is 9.56. The molecule has 0 aliphatic carbocycles. The van der Waals surface area contributed by atoms with Crippen LogP contribution < -0.4 is 0 Å². The quantitative estimate of drug-likeness (QED) is 0.168. The highest BCUT2D eigenvalue weighted by Gasteiger charge is 2.26. The first-order valence-electron chi connectivity index (χ1n) is 18.3. The molecule has 13 rings (SSSR count). The van der Waals surface area contributed by atoms with E-state index in [0.717, 1.165) is 44.0 Å². The van der Waals surface area contributed by atoms with Gasteiger partial charge in [-0.15, -0.1) is 11.3 Å². The second-order valence-corrected chi connectivity index (χ2v) is 15.4. The number of hydrogen-bond acceptors (Lipinski definition) is 3. The van der Waals surface area contributed by atoms with Gasteiger partial charge < -0.3 is 13.4 Å². The maximum Gasteiger partial charge on any atom is 0.170 e. The summed E-state index contributed by atoms with van der Waals surface area (Å²) in [5.74, 6) is 0. The lowest BCUT2D eigenvalue weighted by molar-refractivity contribution is 0.669. The number of fused-ring (bicyclic) bond motifs is 15. The van der Waals surface area contributed by atoms with Crippen LogP contribution in [0.2, 0.25) is 0 Å². The monoisotopic (exact) mass is 705 g/mol. The van der Waals surface area contributed by atoms with Crippen molar-refractivity contribution in [3.63, 3.8) is 0 Å². The van der Waals surface area contributed by atoms with Crippen molar-refractivity contribution in [2.75, 3.05) is 0 Å².